The van der Waals surface area contributed by atoms with Gasteiger partial charge in [-0.2, -0.15) is 11.8 Å². The van der Waals surface area contributed by atoms with Gasteiger partial charge in [-0.25, -0.2) is 0 Å². The molecule has 0 bridgehead atoms. The summed E-state index contributed by atoms with van der Waals surface area (Å²) in [7, 11) is 0. The van der Waals surface area contributed by atoms with Gasteiger partial charge in [0.2, 0.25) is 5.91 Å². The fraction of sp³-hybridized carbons (Fsp3) is 0.700. The lowest BCUT2D eigenvalue weighted by molar-refractivity contribution is -0.118. The van der Waals surface area contributed by atoms with Crippen molar-refractivity contribution in [2.75, 3.05) is 24.6 Å². The molecule has 86 valence electrons. The van der Waals surface area contributed by atoms with Crippen LogP contribution in [-0.4, -0.2) is 36.5 Å². The third-order valence-corrected chi connectivity index (χ3v) is 3.64. The Balaban J connectivity index is 0.00000112. The maximum atomic E-state index is 11.7. The zero-order chi connectivity index (χ0) is 9.80. The van der Waals surface area contributed by atoms with Crippen LogP contribution < -0.4 is 10.6 Å². The molecule has 1 saturated heterocycles. The van der Waals surface area contributed by atoms with Gasteiger partial charge < -0.3 is 10.6 Å². The summed E-state index contributed by atoms with van der Waals surface area (Å²) in [6.07, 6.45) is 4.18. The van der Waals surface area contributed by atoms with Gasteiger partial charge in [0, 0.05) is 23.9 Å². The highest BCUT2D eigenvalue weighted by molar-refractivity contribution is 7.99. The molecule has 0 saturated carbocycles. The summed E-state index contributed by atoms with van der Waals surface area (Å²) in [4.78, 5) is 11.7. The Bertz CT molecular complexity index is 252. The predicted octanol–water partition coefficient (Wildman–Crippen LogP) is 0.950. The molecule has 2 aliphatic heterocycles. The Morgan fingerprint density at radius 3 is 3.07 bits per heavy atom. The molecule has 5 heteroatoms. The highest BCUT2D eigenvalue weighted by atomic mass is 35.5. The molecule has 1 amide bonds. The van der Waals surface area contributed by atoms with Crippen LogP contribution in [0.5, 0.6) is 0 Å². The second-order valence-corrected chi connectivity index (χ2v) is 4.84. The quantitative estimate of drug-likeness (QED) is 0.765. The van der Waals surface area contributed by atoms with Crippen LogP contribution in [-0.2, 0) is 4.79 Å². The molecule has 0 spiro atoms. The molecular weight excluding hydrogens is 232 g/mol. The van der Waals surface area contributed by atoms with Crippen molar-refractivity contribution in [3.8, 4) is 0 Å². The number of allylic oxidation sites excluding steroid dienone is 1. The molecular formula is C10H17ClN2OS. The summed E-state index contributed by atoms with van der Waals surface area (Å²) in [5.74, 6) is 2.18. The molecule has 2 heterocycles. The van der Waals surface area contributed by atoms with Crippen molar-refractivity contribution in [3.05, 3.63) is 11.6 Å². The zero-order valence-corrected chi connectivity index (χ0v) is 10.3. The van der Waals surface area contributed by atoms with E-state index in [1.807, 2.05) is 11.8 Å². The van der Waals surface area contributed by atoms with Gasteiger partial charge in [0.05, 0.1) is 0 Å². The zero-order valence-electron chi connectivity index (χ0n) is 8.62. The molecule has 2 rings (SSSR count). The van der Waals surface area contributed by atoms with Crippen molar-refractivity contribution in [2.24, 2.45) is 0 Å². The van der Waals surface area contributed by atoms with Crippen molar-refractivity contribution in [3.63, 3.8) is 0 Å². The second kappa shape index (κ2) is 6.40. The number of hydrogen-bond acceptors (Lipinski definition) is 3. The van der Waals surface area contributed by atoms with E-state index in [4.69, 9.17) is 0 Å². The number of thioether (sulfide) groups is 1. The number of hydrogen-bond donors (Lipinski definition) is 2. The smallest absolute Gasteiger partial charge is 0.247 e. The standard InChI is InChI=1S/C10H16N2OS.ClH/c13-10(8-2-1-5-14-7-8)12-9-3-4-11-6-9;/h2,9,11H,1,3-7H2,(H,12,13);1H. The van der Waals surface area contributed by atoms with E-state index < -0.39 is 0 Å². The van der Waals surface area contributed by atoms with Crippen LogP contribution in [0.4, 0.5) is 0 Å². The van der Waals surface area contributed by atoms with Crippen LogP contribution in [0.1, 0.15) is 12.8 Å². The van der Waals surface area contributed by atoms with Crippen LogP contribution in [0, 0.1) is 0 Å². The minimum absolute atomic E-state index is 0. The molecule has 0 radical (unpaired) electrons. The topological polar surface area (TPSA) is 41.1 Å². The van der Waals surface area contributed by atoms with E-state index in [2.05, 4.69) is 16.7 Å². The third-order valence-electron chi connectivity index (χ3n) is 2.60. The van der Waals surface area contributed by atoms with Crippen molar-refractivity contribution in [1.29, 1.82) is 0 Å². The number of rotatable bonds is 2. The monoisotopic (exact) mass is 248 g/mol. The van der Waals surface area contributed by atoms with Gasteiger partial charge in [-0.3, -0.25) is 4.79 Å². The summed E-state index contributed by atoms with van der Waals surface area (Å²) < 4.78 is 0. The number of nitrogens with one attached hydrogen (secondary N) is 2. The number of halogens is 1. The average molecular weight is 249 g/mol. The predicted molar refractivity (Wildman–Crippen MR) is 66.7 cm³/mol. The largest absolute Gasteiger partial charge is 0.348 e. The lowest BCUT2D eigenvalue weighted by Crippen LogP contribution is -2.37. The molecule has 0 aliphatic carbocycles. The van der Waals surface area contributed by atoms with E-state index in [9.17, 15) is 4.79 Å². The van der Waals surface area contributed by atoms with E-state index in [0.29, 0.717) is 6.04 Å². The molecule has 1 atom stereocenters. The van der Waals surface area contributed by atoms with E-state index in [1.54, 1.807) is 0 Å². The Morgan fingerprint density at radius 2 is 2.47 bits per heavy atom. The third kappa shape index (κ3) is 3.70. The highest BCUT2D eigenvalue weighted by Gasteiger charge is 2.19. The maximum Gasteiger partial charge on any atom is 0.247 e. The summed E-state index contributed by atoms with van der Waals surface area (Å²) in [5, 5.41) is 6.31. The molecule has 0 aromatic carbocycles. The van der Waals surface area contributed by atoms with Gasteiger partial charge in [0.15, 0.2) is 0 Å². The number of amides is 1. The molecule has 3 nitrogen and oxygen atoms in total. The van der Waals surface area contributed by atoms with E-state index in [1.165, 1.54) is 0 Å². The average Bonchev–Trinajstić information content (AvgIpc) is 2.72. The maximum absolute atomic E-state index is 11.7. The van der Waals surface area contributed by atoms with Gasteiger partial charge in [0.25, 0.3) is 0 Å². The summed E-state index contributed by atoms with van der Waals surface area (Å²) in [6.45, 7) is 1.95. The second-order valence-electron chi connectivity index (χ2n) is 3.73. The first kappa shape index (κ1) is 12.9. The van der Waals surface area contributed by atoms with Gasteiger partial charge in [0.1, 0.15) is 0 Å². The van der Waals surface area contributed by atoms with E-state index in [0.717, 1.165) is 43.0 Å². The molecule has 1 fully saturated rings. The lowest BCUT2D eigenvalue weighted by Gasteiger charge is -2.15. The fourth-order valence-corrected chi connectivity index (χ4v) is 2.67. The van der Waals surface area contributed by atoms with Gasteiger partial charge in [-0.05, 0) is 25.1 Å². The molecule has 2 N–H and O–H groups in total. The van der Waals surface area contributed by atoms with Crippen LogP contribution in [0.3, 0.4) is 0 Å². The van der Waals surface area contributed by atoms with Gasteiger partial charge in [-0.15, -0.1) is 12.4 Å². The van der Waals surface area contributed by atoms with Crippen molar-refractivity contribution >= 4 is 30.1 Å². The number of carbonyl (C=O) groups is 1. The van der Waals surface area contributed by atoms with Crippen molar-refractivity contribution in [2.45, 2.75) is 18.9 Å². The molecule has 15 heavy (non-hydrogen) atoms. The van der Waals surface area contributed by atoms with Crippen molar-refractivity contribution < 1.29 is 4.79 Å². The lowest BCUT2D eigenvalue weighted by atomic mass is 10.2. The van der Waals surface area contributed by atoms with Gasteiger partial charge in [-0.1, -0.05) is 6.08 Å². The Hall–Kier alpha value is -0.190. The normalized spacial score (nSPS) is 25.3. The Morgan fingerprint density at radius 1 is 1.60 bits per heavy atom. The van der Waals surface area contributed by atoms with Crippen LogP contribution in [0.15, 0.2) is 11.6 Å². The van der Waals surface area contributed by atoms with Crippen LogP contribution in [0.2, 0.25) is 0 Å². The summed E-state index contributed by atoms with van der Waals surface area (Å²) in [6, 6.07) is 0.343. The van der Waals surface area contributed by atoms with E-state index in [-0.39, 0.29) is 18.3 Å². The fourth-order valence-electron chi connectivity index (χ4n) is 1.77. The van der Waals surface area contributed by atoms with Gasteiger partial charge >= 0.3 is 0 Å². The molecule has 2 aliphatic rings. The minimum atomic E-state index is 0. The summed E-state index contributed by atoms with van der Waals surface area (Å²) in [5.41, 5.74) is 0.966. The summed E-state index contributed by atoms with van der Waals surface area (Å²) >= 11 is 1.84. The number of carbonyl (C=O) groups excluding carboxylic acids is 1. The first-order chi connectivity index (χ1) is 6.86. The first-order valence-corrected chi connectivity index (χ1v) is 6.30. The minimum Gasteiger partial charge on any atom is -0.348 e. The SMILES string of the molecule is Cl.O=C(NC1CCNC1)C1=CCCSC1. The molecule has 1 unspecified atom stereocenters. The highest BCUT2D eigenvalue weighted by Crippen LogP contribution is 2.17. The van der Waals surface area contributed by atoms with Crippen molar-refractivity contribution in [1.82, 2.24) is 10.6 Å². The molecule has 0 aromatic rings. The van der Waals surface area contributed by atoms with Crippen LogP contribution >= 0.6 is 24.2 Å². The van der Waals surface area contributed by atoms with Crippen LogP contribution in [0.25, 0.3) is 0 Å². The Kier molecular flexibility index (Phi) is 5.50. The molecule has 0 aromatic heterocycles. The van der Waals surface area contributed by atoms with E-state index >= 15 is 0 Å². The first-order valence-electron chi connectivity index (χ1n) is 5.14. The Labute approximate surface area is 101 Å².